The van der Waals surface area contributed by atoms with Gasteiger partial charge in [0.15, 0.2) is 21.3 Å². The summed E-state index contributed by atoms with van der Waals surface area (Å²) in [5.74, 6) is 0.398. The van der Waals surface area contributed by atoms with Gasteiger partial charge in [-0.05, 0) is 50.1 Å². The predicted molar refractivity (Wildman–Crippen MR) is 135 cm³/mol. The molecule has 9 nitrogen and oxygen atoms in total. The summed E-state index contributed by atoms with van der Waals surface area (Å²) >= 11 is 0. The zero-order chi connectivity index (χ0) is 26.6. The molecule has 0 aliphatic heterocycles. The molecule has 2 heterocycles. The zero-order valence-corrected chi connectivity index (χ0v) is 21.0. The number of nitrogens with one attached hydrogen (secondary N) is 1. The minimum absolute atomic E-state index is 0.0666. The van der Waals surface area contributed by atoms with Crippen LogP contribution >= 0.6 is 0 Å². The predicted octanol–water partition coefficient (Wildman–Crippen LogP) is 4.37. The molecule has 0 fully saturated rings. The summed E-state index contributed by atoms with van der Waals surface area (Å²) in [7, 11) is -3.64. The van der Waals surface area contributed by atoms with Gasteiger partial charge in [-0.1, -0.05) is 24.3 Å². The summed E-state index contributed by atoms with van der Waals surface area (Å²) in [6, 6.07) is 13.3. The molecule has 0 saturated heterocycles. The molecule has 2 unspecified atom stereocenters. The van der Waals surface area contributed by atoms with Crippen LogP contribution in [0.25, 0.3) is 34.3 Å². The zero-order valence-electron chi connectivity index (χ0n) is 20.2. The number of halogens is 2. The van der Waals surface area contributed by atoms with Crippen molar-refractivity contribution in [2.45, 2.75) is 43.3 Å². The van der Waals surface area contributed by atoms with Crippen LogP contribution in [0.15, 0.2) is 64.0 Å². The van der Waals surface area contributed by atoms with Crippen LogP contribution in [0.5, 0.6) is 0 Å². The van der Waals surface area contributed by atoms with Gasteiger partial charge in [-0.15, -0.1) is 10.2 Å². The van der Waals surface area contributed by atoms with Crippen molar-refractivity contribution in [1.82, 2.24) is 25.5 Å². The lowest BCUT2D eigenvalue weighted by molar-refractivity contribution is 0.296. The minimum atomic E-state index is -3.64. The van der Waals surface area contributed by atoms with Crippen LogP contribution < -0.4 is 11.1 Å². The fourth-order valence-corrected chi connectivity index (χ4v) is 4.89. The Labute approximate surface area is 213 Å². The quantitative estimate of drug-likeness (QED) is 0.287. The van der Waals surface area contributed by atoms with Crippen LogP contribution in [-0.2, 0) is 16.4 Å². The third-order valence-corrected chi connectivity index (χ3v) is 7.97. The van der Waals surface area contributed by atoms with Gasteiger partial charge in [0.05, 0.1) is 28.7 Å². The highest BCUT2D eigenvalue weighted by molar-refractivity contribution is 7.92. The Kier molecular flexibility index (Phi) is 7.89. The number of nitrogens with zero attached hydrogens (tertiary/aromatic N) is 4. The van der Waals surface area contributed by atoms with E-state index in [4.69, 9.17) is 10.2 Å². The fraction of sp³-hybridized carbons (Fsp3) is 0.280. The summed E-state index contributed by atoms with van der Waals surface area (Å²) in [5, 5.41) is 10.00. The number of hydrogen-bond acceptors (Lipinski definition) is 9. The van der Waals surface area contributed by atoms with Crippen LogP contribution in [0.1, 0.15) is 25.8 Å². The van der Waals surface area contributed by atoms with Gasteiger partial charge < -0.3 is 10.2 Å². The van der Waals surface area contributed by atoms with Crippen LogP contribution in [-0.4, -0.2) is 46.8 Å². The average Bonchev–Trinajstić information content (AvgIpc) is 3.38. The van der Waals surface area contributed by atoms with E-state index in [-0.39, 0.29) is 34.6 Å². The summed E-state index contributed by atoms with van der Waals surface area (Å²) in [6.45, 7) is 2.59. The van der Waals surface area contributed by atoms with E-state index in [9.17, 15) is 17.2 Å². The highest BCUT2D eigenvalue weighted by Crippen LogP contribution is 2.29. The van der Waals surface area contributed by atoms with E-state index in [1.165, 1.54) is 32.2 Å². The monoisotopic (exact) mass is 528 g/mol. The molecule has 0 spiro atoms. The number of rotatable bonds is 10. The molecule has 2 atom stereocenters. The van der Waals surface area contributed by atoms with Crippen molar-refractivity contribution < 1.29 is 21.6 Å². The molecule has 2 aromatic heterocycles. The Morgan fingerprint density at radius 1 is 1.00 bits per heavy atom. The molecule has 2 aromatic carbocycles. The van der Waals surface area contributed by atoms with E-state index in [2.05, 4.69) is 25.5 Å². The van der Waals surface area contributed by atoms with Gasteiger partial charge in [-0.3, -0.25) is 9.71 Å². The maximum atomic E-state index is 13.0. The summed E-state index contributed by atoms with van der Waals surface area (Å²) in [6.07, 6.45) is 0.279. The molecule has 4 aromatic rings. The Balaban J connectivity index is 1.56. The molecule has 12 heteroatoms. The molecule has 37 heavy (non-hydrogen) atoms. The van der Waals surface area contributed by atoms with Gasteiger partial charge in [0, 0.05) is 17.7 Å². The van der Waals surface area contributed by atoms with Crippen LogP contribution in [0.3, 0.4) is 0 Å². The lowest BCUT2D eigenvalue weighted by atomic mass is 10.1. The second kappa shape index (κ2) is 11.1. The smallest absolute Gasteiger partial charge is 0.270 e. The molecule has 0 aliphatic carbocycles. The number of benzene rings is 2. The van der Waals surface area contributed by atoms with Gasteiger partial charge in [-0.2, -0.15) is 0 Å². The molecule has 4 rings (SSSR count). The second-order valence-corrected chi connectivity index (χ2v) is 10.8. The molecular formula is C25H26F2N6O3S. The Hall–Kier alpha value is -3.77. The molecule has 0 radical (unpaired) electrons. The van der Waals surface area contributed by atoms with Crippen LogP contribution in [0.4, 0.5) is 14.6 Å². The van der Waals surface area contributed by atoms with Crippen LogP contribution in [0, 0.1) is 0 Å². The van der Waals surface area contributed by atoms with Crippen molar-refractivity contribution in [3.8, 4) is 34.3 Å². The van der Waals surface area contributed by atoms with Gasteiger partial charge in [0.1, 0.15) is 6.30 Å². The Morgan fingerprint density at radius 3 is 2.30 bits per heavy atom. The molecule has 194 valence electrons. The number of alkyl halides is 2. The first kappa shape index (κ1) is 26.3. The Morgan fingerprint density at radius 2 is 1.65 bits per heavy atom. The van der Waals surface area contributed by atoms with Crippen molar-refractivity contribution in [2.24, 2.45) is 0 Å². The topological polar surface area (TPSA) is 137 Å². The summed E-state index contributed by atoms with van der Waals surface area (Å²) in [4.78, 5) is 8.78. The number of hydrogen-bond donors (Lipinski definition) is 2. The lowest BCUT2D eigenvalue weighted by Crippen LogP contribution is -2.20. The normalized spacial score (nSPS) is 13.4. The number of sulfone groups is 1. The van der Waals surface area contributed by atoms with E-state index in [0.29, 0.717) is 23.4 Å². The third kappa shape index (κ3) is 5.97. The maximum absolute atomic E-state index is 13.0. The van der Waals surface area contributed by atoms with Crippen molar-refractivity contribution >= 4 is 15.7 Å². The van der Waals surface area contributed by atoms with Gasteiger partial charge >= 0.3 is 0 Å². The standard InChI is InChI=1S/C25H26F2N6O3S/c1-15(11-12-26)37(34,35)20-9-7-18(8-10-20)21-14-30-23(28)22(31-21)25-33-32-24(36-25)19-5-3-17(4-6-19)13-29-16(2)27/h3-10,14-16,29H,11-13H2,1-2H3,(H2,28,30). The third-order valence-electron chi connectivity index (χ3n) is 5.74. The van der Waals surface area contributed by atoms with Crippen molar-refractivity contribution in [2.75, 3.05) is 12.4 Å². The second-order valence-electron chi connectivity index (χ2n) is 8.45. The van der Waals surface area contributed by atoms with Crippen LogP contribution in [0.2, 0.25) is 0 Å². The van der Waals surface area contributed by atoms with E-state index in [0.717, 1.165) is 5.56 Å². The molecule has 3 N–H and O–H groups in total. The van der Waals surface area contributed by atoms with Gasteiger partial charge in [0.25, 0.3) is 5.89 Å². The van der Waals surface area contributed by atoms with Crippen molar-refractivity contribution in [3.05, 3.63) is 60.3 Å². The van der Waals surface area contributed by atoms with Gasteiger partial charge in [-0.25, -0.2) is 22.8 Å². The SMILES string of the molecule is CC(F)NCc1ccc(-c2nnc(-c3nc(-c4ccc(S(=O)(=O)C(C)CCF)cc4)cnc3N)o2)cc1. The highest BCUT2D eigenvalue weighted by Gasteiger charge is 2.23. The molecule has 0 amide bonds. The van der Waals surface area contributed by atoms with E-state index in [1.54, 1.807) is 24.3 Å². The van der Waals surface area contributed by atoms with Crippen molar-refractivity contribution in [3.63, 3.8) is 0 Å². The first-order chi connectivity index (χ1) is 17.7. The number of nitrogens with two attached hydrogens (primary N) is 1. The van der Waals surface area contributed by atoms with E-state index in [1.807, 2.05) is 12.1 Å². The molecule has 0 saturated carbocycles. The number of nitrogen functional groups attached to an aromatic ring is 1. The number of aromatic nitrogens is 4. The average molecular weight is 529 g/mol. The molecule has 0 aliphatic rings. The largest absolute Gasteiger partial charge is 0.414 e. The van der Waals surface area contributed by atoms with Crippen molar-refractivity contribution in [1.29, 1.82) is 0 Å². The summed E-state index contributed by atoms with van der Waals surface area (Å²) in [5.41, 5.74) is 8.78. The van der Waals surface area contributed by atoms with Gasteiger partial charge in [0.2, 0.25) is 5.89 Å². The van der Waals surface area contributed by atoms with E-state index < -0.39 is 28.1 Å². The maximum Gasteiger partial charge on any atom is 0.270 e. The lowest BCUT2D eigenvalue weighted by Gasteiger charge is -2.11. The summed E-state index contributed by atoms with van der Waals surface area (Å²) < 4.78 is 56.6. The number of anilines is 1. The first-order valence-electron chi connectivity index (χ1n) is 11.5. The molecular weight excluding hydrogens is 502 g/mol. The highest BCUT2D eigenvalue weighted by atomic mass is 32.2. The Bertz CT molecular complexity index is 1460. The van der Waals surface area contributed by atoms with E-state index >= 15 is 0 Å². The fourth-order valence-electron chi connectivity index (χ4n) is 3.51. The molecule has 0 bridgehead atoms. The minimum Gasteiger partial charge on any atom is -0.414 e. The first-order valence-corrected chi connectivity index (χ1v) is 13.1.